The molecule has 0 aliphatic carbocycles. The van der Waals surface area contributed by atoms with Crippen LogP contribution in [0, 0.1) is 6.92 Å². The van der Waals surface area contributed by atoms with Gasteiger partial charge in [-0.1, -0.05) is 6.07 Å². The van der Waals surface area contributed by atoms with Crippen molar-refractivity contribution >= 4 is 12.6 Å². The first-order valence-corrected chi connectivity index (χ1v) is 8.23. The third kappa shape index (κ3) is 4.28. The average molecular weight is 320 g/mol. The predicted molar refractivity (Wildman–Crippen MR) is 93.3 cm³/mol. The number of rotatable bonds is 5. The van der Waals surface area contributed by atoms with Crippen molar-refractivity contribution in [3.63, 3.8) is 0 Å². The number of hydrogen-bond donors (Lipinski definition) is 1. The molecular formula is C18H29BO4. The molecule has 2 rings (SSSR count). The Kier molecular flexibility index (Phi) is 4.87. The zero-order valence-corrected chi connectivity index (χ0v) is 15.4. The molecule has 0 aromatic heterocycles. The van der Waals surface area contributed by atoms with Crippen LogP contribution in [-0.4, -0.2) is 35.6 Å². The topological polar surface area (TPSA) is 47.9 Å². The molecule has 0 spiro atoms. The molecule has 1 saturated heterocycles. The van der Waals surface area contributed by atoms with Crippen molar-refractivity contribution in [3.8, 4) is 5.75 Å². The van der Waals surface area contributed by atoms with Crippen LogP contribution in [0.4, 0.5) is 0 Å². The fourth-order valence-corrected chi connectivity index (χ4v) is 2.39. The first kappa shape index (κ1) is 18.3. The summed E-state index contributed by atoms with van der Waals surface area (Å²) in [5.41, 5.74) is 0.707. The Labute approximate surface area is 140 Å². The van der Waals surface area contributed by atoms with Gasteiger partial charge in [0.15, 0.2) is 0 Å². The molecular weight excluding hydrogens is 291 g/mol. The number of aliphatic hydroxyl groups is 1. The summed E-state index contributed by atoms with van der Waals surface area (Å²) in [6, 6.07) is 5.92. The Morgan fingerprint density at radius 3 is 2.17 bits per heavy atom. The number of ether oxygens (including phenoxy) is 1. The maximum atomic E-state index is 9.72. The second-order valence-corrected chi connectivity index (χ2v) is 8.02. The van der Waals surface area contributed by atoms with Crippen LogP contribution in [0.25, 0.3) is 0 Å². The Morgan fingerprint density at radius 2 is 1.70 bits per heavy atom. The van der Waals surface area contributed by atoms with Crippen LogP contribution in [0.5, 0.6) is 5.75 Å². The molecule has 1 fully saturated rings. The van der Waals surface area contributed by atoms with Gasteiger partial charge >= 0.3 is 7.12 Å². The molecule has 1 N–H and O–H groups in total. The van der Waals surface area contributed by atoms with Gasteiger partial charge in [-0.25, -0.2) is 0 Å². The predicted octanol–water partition coefficient (Wildman–Crippen LogP) is 2.83. The van der Waals surface area contributed by atoms with E-state index in [1.807, 2.05) is 25.1 Å². The molecule has 1 aliphatic rings. The van der Waals surface area contributed by atoms with Gasteiger partial charge in [0.2, 0.25) is 0 Å². The quantitative estimate of drug-likeness (QED) is 0.848. The lowest BCUT2D eigenvalue weighted by molar-refractivity contribution is 0.00578. The lowest BCUT2D eigenvalue weighted by Crippen LogP contribution is -2.41. The normalized spacial score (nSPS) is 19.9. The van der Waals surface area contributed by atoms with Gasteiger partial charge in [0.25, 0.3) is 0 Å². The Bertz CT molecular complexity index is 545. The van der Waals surface area contributed by atoms with Crippen molar-refractivity contribution in [2.75, 3.05) is 6.61 Å². The summed E-state index contributed by atoms with van der Waals surface area (Å²) in [5, 5.41) is 9.72. The van der Waals surface area contributed by atoms with E-state index in [0.717, 1.165) is 16.8 Å². The van der Waals surface area contributed by atoms with E-state index in [2.05, 4.69) is 27.7 Å². The van der Waals surface area contributed by atoms with Crippen LogP contribution in [0.15, 0.2) is 18.2 Å². The second kappa shape index (κ2) is 6.12. The van der Waals surface area contributed by atoms with Crippen molar-refractivity contribution in [2.24, 2.45) is 0 Å². The Balaban J connectivity index is 2.06. The summed E-state index contributed by atoms with van der Waals surface area (Å²) in [6.45, 7) is 14.3. The molecule has 0 radical (unpaired) electrons. The lowest BCUT2D eigenvalue weighted by atomic mass is 9.76. The van der Waals surface area contributed by atoms with Crippen LogP contribution < -0.4 is 10.2 Å². The minimum atomic E-state index is -0.711. The van der Waals surface area contributed by atoms with Crippen molar-refractivity contribution in [2.45, 2.75) is 71.7 Å². The molecule has 1 heterocycles. The molecule has 0 unspecified atom stereocenters. The third-order valence-electron chi connectivity index (χ3n) is 4.73. The van der Waals surface area contributed by atoms with E-state index < -0.39 is 5.60 Å². The van der Waals surface area contributed by atoms with Crippen molar-refractivity contribution < 1.29 is 19.2 Å². The summed E-state index contributed by atoms with van der Waals surface area (Å²) >= 11 is 0. The van der Waals surface area contributed by atoms with Gasteiger partial charge in [-0.05, 0) is 71.6 Å². The number of hydrogen-bond acceptors (Lipinski definition) is 4. The number of benzene rings is 1. The van der Waals surface area contributed by atoms with E-state index in [9.17, 15) is 5.11 Å². The fourth-order valence-electron chi connectivity index (χ4n) is 2.39. The molecule has 23 heavy (non-hydrogen) atoms. The van der Waals surface area contributed by atoms with Gasteiger partial charge in [-0.3, -0.25) is 0 Å². The van der Waals surface area contributed by atoms with Gasteiger partial charge in [-0.15, -0.1) is 0 Å². The highest BCUT2D eigenvalue weighted by atomic mass is 16.7. The number of aryl methyl sites for hydroxylation is 1. The highest BCUT2D eigenvalue weighted by molar-refractivity contribution is 6.62. The van der Waals surface area contributed by atoms with Crippen LogP contribution in [0.3, 0.4) is 0 Å². The smallest absolute Gasteiger partial charge is 0.493 e. The molecule has 0 amide bonds. The van der Waals surface area contributed by atoms with Crippen LogP contribution in [0.2, 0.25) is 0 Å². The molecule has 0 saturated carbocycles. The molecule has 0 bridgehead atoms. The molecule has 0 atom stereocenters. The SMILES string of the molecule is Cc1cc(OCCC(C)(C)O)ccc1B1OC(C)(C)C(C)(C)O1. The first-order valence-electron chi connectivity index (χ1n) is 8.23. The van der Waals surface area contributed by atoms with Crippen molar-refractivity contribution in [3.05, 3.63) is 23.8 Å². The largest absolute Gasteiger partial charge is 0.495 e. The standard InChI is InChI=1S/C18H29BO4/c1-13-12-14(21-11-10-16(2,3)20)8-9-15(13)19-22-17(4,5)18(6,7)23-19/h8-9,12,20H,10-11H2,1-7H3. The molecule has 5 heteroatoms. The van der Waals surface area contributed by atoms with Gasteiger partial charge < -0.3 is 19.2 Å². The van der Waals surface area contributed by atoms with E-state index in [4.69, 9.17) is 14.0 Å². The molecule has 4 nitrogen and oxygen atoms in total. The Hall–Kier alpha value is -1.04. The molecule has 1 aromatic carbocycles. The monoisotopic (exact) mass is 320 g/mol. The molecule has 1 aliphatic heterocycles. The highest BCUT2D eigenvalue weighted by Crippen LogP contribution is 2.36. The zero-order chi connectivity index (χ0) is 17.5. The minimum absolute atomic E-state index is 0.341. The van der Waals surface area contributed by atoms with Crippen LogP contribution in [0.1, 0.15) is 53.5 Å². The molecule has 1 aromatic rings. The summed E-state index contributed by atoms with van der Waals surface area (Å²) < 4.78 is 17.9. The highest BCUT2D eigenvalue weighted by Gasteiger charge is 2.52. The van der Waals surface area contributed by atoms with E-state index in [-0.39, 0.29) is 18.3 Å². The summed E-state index contributed by atoms with van der Waals surface area (Å²) in [4.78, 5) is 0. The zero-order valence-electron chi connectivity index (χ0n) is 15.4. The minimum Gasteiger partial charge on any atom is -0.493 e. The van der Waals surface area contributed by atoms with Crippen LogP contribution >= 0.6 is 0 Å². The van der Waals surface area contributed by atoms with Gasteiger partial charge in [0.1, 0.15) is 5.75 Å². The molecule has 128 valence electrons. The van der Waals surface area contributed by atoms with E-state index in [1.165, 1.54) is 0 Å². The van der Waals surface area contributed by atoms with Crippen molar-refractivity contribution in [1.29, 1.82) is 0 Å². The van der Waals surface area contributed by atoms with E-state index in [0.29, 0.717) is 13.0 Å². The van der Waals surface area contributed by atoms with Crippen LogP contribution in [-0.2, 0) is 9.31 Å². The summed E-state index contributed by atoms with van der Waals surface area (Å²) in [5.74, 6) is 0.798. The summed E-state index contributed by atoms with van der Waals surface area (Å²) in [6.07, 6.45) is 0.588. The van der Waals surface area contributed by atoms with Gasteiger partial charge in [0.05, 0.1) is 23.4 Å². The average Bonchev–Trinajstić information content (AvgIpc) is 2.56. The fraction of sp³-hybridized carbons (Fsp3) is 0.667. The first-order chi connectivity index (χ1) is 10.4. The second-order valence-electron chi connectivity index (χ2n) is 8.02. The summed E-state index contributed by atoms with van der Waals surface area (Å²) in [7, 11) is -0.356. The van der Waals surface area contributed by atoms with Crippen molar-refractivity contribution in [1.82, 2.24) is 0 Å². The maximum Gasteiger partial charge on any atom is 0.495 e. The van der Waals surface area contributed by atoms with Gasteiger partial charge in [0, 0.05) is 6.42 Å². The van der Waals surface area contributed by atoms with E-state index >= 15 is 0 Å². The third-order valence-corrected chi connectivity index (χ3v) is 4.73. The van der Waals surface area contributed by atoms with Gasteiger partial charge in [-0.2, -0.15) is 0 Å². The maximum absolute atomic E-state index is 9.72. The Morgan fingerprint density at radius 1 is 1.13 bits per heavy atom. The van der Waals surface area contributed by atoms with E-state index in [1.54, 1.807) is 13.8 Å². The lowest BCUT2D eigenvalue weighted by Gasteiger charge is -2.32.